The van der Waals surface area contributed by atoms with Gasteiger partial charge in [-0.1, -0.05) is 0 Å². The molecule has 2 aliphatic carbocycles. The molecule has 4 aromatic rings. The molecule has 0 aromatic heterocycles. The zero-order valence-electron chi connectivity index (χ0n) is 32.9. The molecule has 0 atom stereocenters. The average molecular weight is 939 g/mol. The Labute approximate surface area is 331 Å². The summed E-state index contributed by atoms with van der Waals surface area (Å²) in [5.74, 6) is 0. The minimum absolute atomic E-state index is 0.0787. The standard InChI is InChI=1S/C29H41.C13H8Cl2.C5H5.2ClH.Hf/c1-26(2,3)22-14-18-13-19-15-23(27(4,5)6)25(29(10,11)12)17-21(19)20(18)16-24(22)28(7,8)9;14-12-5-1-3-10(8-12)7-11-4-2-6-13(15)9-11;1-2-4-5-3-1;;;/h13-17H,1-12H3;1-6,8-9H;1-5H;2*1H;/q;;;;;+2/p-2. The first-order valence-corrected chi connectivity index (χ1v) is 34.1. The Balaban J connectivity index is 1.94. The number of rotatable bonds is 4. The van der Waals surface area contributed by atoms with Crippen LogP contribution in [-0.2, 0) is 37.3 Å². The molecule has 2 aliphatic rings. The number of allylic oxidation sites excluding steroid dienone is 4. The van der Waals surface area contributed by atoms with Crippen LogP contribution in [0.3, 0.4) is 0 Å². The van der Waals surface area contributed by atoms with Gasteiger partial charge in [-0.2, -0.15) is 0 Å². The summed E-state index contributed by atoms with van der Waals surface area (Å²) in [6.07, 6.45) is 8.71. The van der Waals surface area contributed by atoms with Crippen LogP contribution in [0, 0.1) is 0 Å². The van der Waals surface area contributed by atoms with E-state index in [2.05, 4.69) is 144 Å². The van der Waals surface area contributed by atoms with Gasteiger partial charge < -0.3 is 0 Å². The predicted molar refractivity (Wildman–Crippen MR) is 228 cm³/mol. The van der Waals surface area contributed by atoms with Gasteiger partial charge in [-0.25, -0.2) is 0 Å². The van der Waals surface area contributed by atoms with Crippen LogP contribution in [0.1, 0.15) is 131 Å². The van der Waals surface area contributed by atoms with Gasteiger partial charge in [-0.05, 0) is 0 Å². The molecule has 0 nitrogen and oxygen atoms in total. The van der Waals surface area contributed by atoms with E-state index >= 15 is 0 Å². The van der Waals surface area contributed by atoms with Crippen LogP contribution in [-0.4, -0.2) is 3.26 Å². The second-order valence-electron chi connectivity index (χ2n) is 19.2. The maximum absolute atomic E-state index is 8.95. The Morgan fingerprint density at radius 2 is 0.846 bits per heavy atom. The fourth-order valence-corrected chi connectivity index (χ4v) is 36.7. The molecular formula is C47H54Cl4Hf. The SMILES string of the molecule is CC(C)(C)c1cc2c(cc1C(C)(C)C)[CH]([Hf]([Cl])([Cl])(=[C](c1cccc(Cl)c1)c1cccc(Cl)c1)[CH]1C=CC=C1)c1cc(C(C)(C)C)c(C(C)(C)C)cc1-2. The van der Waals surface area contributed by atoms with E-state index in [1.165, 1.54) is 44.5 Å². The molecule has 0 bridgehead atoms. The van der Waals surface area contributed by atoms with Gasteiger partial charge in [0.05, 0.1) is 0 Å². The van der Waals surface area contributed by atoms with Gasteiger partial charge in [-0.3, -0.25) is 0 Å². The Bertz CT molecular complexity index is 2070. The second kappa shape index (κ2) is 13.2. The van der Waals surface area contributed by atoms with E-state index in [1.807, 2.05) is 36.4 Å². The van der Waals surface area contributed by atoms with Gasteiger partial charge >= 0.3 is 334 Å². The number of fused-ring (bicyclic) bond motifs is 3. The second-order valence-corrected chi connectivity index (χ2v) is 49.6. The van der Waals surface area contributed by atoms with Crippen molar-refractivity contribution in [2.45, 2.75) is 112 Å². The van der Waals surface area contributed by atoms with Crippen molar-refractivity contribution in [2.75, 3.05) is 0 Å². The van der Waals surface area contributed by atoms with Crippen molar-refractivity contribution in [1.29, 1.82) is 0 Å². The van der Waals surface area contributed by atoms with Crippen molar-refractivity contribution in [3.8, 4) is 11.1 Å². The Morgan fingerprint density at radius 3 is 1.17 bits per heavy atom. The van der Waals surface area contributed by atoms with E-state index in [0.717, 1.165) is 14.4 Å². The van der Waals surface area contributed by atoms with Crippen molar-refractivity contribution in [3.05, 3.63) is 152 Å². The first-order chi connectivity index (χ1) is 23.8. The van der Waals surface area contributed by atoms with Gasteiger partial charge in [0.25, 0.3) is 0 Å². The van der Waals surface area contributed by atoms with Gasteiger partial charge in [-0.15, -0.1) is 0 Å². The van der Waals surface area contributed by atoms with Crippen LogP contribution >= 0.6 is 40.4 Å². The molecule has 274 valence electrons. The molecular weight excluding hydrogens is 885 g/mol. The molecule has 0 saturated carbocycles. The van der Waals surface area contributed by atoms with E-state index in [0.29, 0.717) is 10.0 Å². The predicted octanol–water partition coefficient (Wildman–Crippen LogP) is 15.4. The average Bonchev–Trinajstić information content (AvgIpc) is 3.66. The van der Waals surface area contributed by atoms with Crippen molar-refractivity contribution in [1.82, 2.24) is 0 Å². The van der Waals surface area contributed by atoms with E-state index in [1.54, 1.807) is 0 Å². The van der Waals surface area contributed by atoms with Crippen LogP contribution in [0.25, 0.3) is 11.1 Å². The molecule has 0 aliphatic heterocycles. The molecule has 0 spiro atoms. The zero-order chi connectivity index (χ0) is 38.4. The fraction of sp³-hybridized carbons (Fsp3) is 0.383. The number of hydrogen-bond donors (Lipinski definition) is 0. The monoisotopic (exact) mass is 938 g/mol. The normalized spacial score (nSPS) is 15.7. The number of halogens is 4. The molecule has 5 heteroatoms. The summed E-state index contributed by atoms with van der Waals surface area (Å²) in [6, 6.07) is 26.1. The molecule has 0 saturated heterocycles. The van der Waals surface area contributed by atoms with Crippen LogP contribution in [0.2, 0.25) is 13.7 Å². The summed E-state index contributed by atoms with van der Waals surface area (Å²) in [5, 5.41) is 1.28. The van der Waals surface area contributed by atoms with E-state index < -0.39 is 15.7 Å². The molecule has 0 unspecified atom stereocenters. The summed E-state index contributed by atoms with van der Waals surface area (Å²) < 4.78 is 0.545. The fourth-order valence-electron chi connectivity index (χ4n) is 8.69. The quantitative estimate of drug-likeness (QED) is 0.179. The van der Waals surface area contributed by atoms with Crippen molar-refractivity contribution in [3.63, 3.8) is 0 Å². The third-order valence-corrected chi connectivity index (χ3v) is 39.7. The Morgan fingerprint density at radius 1 is 0.500 bits per heavy atom. The van der Waals surface area contributed by atoms with Gasteiger partial charge in [0.2, 0.25) is 0 Å². The summed E-state index contributed by atoms with van der Waals surface area (Å²) >= 11 is 7.79. The Hall–Kier alpha value is -1.74. The van der Waals surface area contributed by atoms with E-state index in [-0.39, 0.29) is 29.0 Å². The summed E-state index contributed by atoms with van der Waals surface area (Å²) in [4.78, 5) is 0. The van der Waals surface area contributed by atoms with E-state index in [9.17, 15) is 0 Å². The number of hydrogen-bond acceptors (Lipinski definition) is 0. The molecule has 0 N–H and O–H groups in total. The first kappa shape index (κ1) is 39.9. The molecule has 6 rings (SSSR count). The third kappa shape index (κ3) is 6.87. The molecule has 0 fully saturated rings. The van der Waals surface area contributed by atoms with E-state index in [4.69, 9.17) is 40.4 Å². The Kier molecular flexibility index (Phi) is 10.1. The van der Waals surface area contributed by atoms with Crippen LogP contribution in [0.4, 0.5) is 0 Å². The summed E-state index contributed by atoms with van der Waals surface area (Å²) in [6.45, 7) is 27.9. The van der Waals surface area contributed by atoms with Gasteiger partial charge in [0, 0.05) is 0 Å². The third-order valence-electron chi connectivity index (χ3n) is 11.1. The van der Waals surface area contributed by atoms with Crippen molar-refractivity contribution >= 4 is 43.6 Å². The molecule has 0 radical (unpaired) electrons. The zero-order valence-corrected chi connectivity index (χ0v) is 39.5. The van der Waals surface area contributed by atoms with Crippen molar-refractivity contribution < 1.29 is 15.7 Å². The molecule has 52 heavy (non-hydrogen) atoms. The number of benzene rings is 4. The molecule has 0 amide bonds. The first-order valence-electron chi connectivity index (χ1n) is 18.5. The molecule has 0 heterocycles. The summed E-state index contributed by atoms with van der Waals surface area (Å²) in [5.41, 5.74) is 11.8. The minimum atomic E-state index is -5.85. The van der Waals surface area contributed by atoms with Crippen LogP contribution in [0.5, 0.6) is 0 Å². The van der Waals surface area contributed by atoms with Gasteiger partial charge in [0.1, 0.15) is 0 Å². The van der Waals surface area contributed by atoms with Crippen molar-refractivity contribution in [2.24, 2.45) is 0 Å². The summed E-state index contributed by atoms with van der Waals surface area (Å²) in [7, 11) is 17.9. The molecule has 4 aromatic carbocycles. The van der Waals surface area contributed by atoms with Crippen LogP contribution < -0.4 is 0 Å². The maximum atomic E-state index is 8.95. The van der Waals surface area contributed by atoms with Gasteiger partial charge in [0.15, 0.2) is 0 Å². The van der Waals surface area contributed by atoms with Crippen LogP contribution in [0.15, 0.2) is 97.1 Å². The topological polar surface area (TPSA) is 0 Å².